The molecule has 100 valence electrons. The Balaban J connectivity index is 1.64. The van der Waals surface area contributed by atoms with Crippen LogP contribution in [0.3, 0.4) is 0 Å². The van der Waals surface area contributed by atoms with Crippen molar-refractivity contribution in [3.63, 3.8) is 0 Å². The van der Waals surface area contributed by atoms with Gasteiger partial charge in [0.05, 0.1) is 0 Å². The first-order valence-corrected chi connectivity index (χ1v) is 7.92. The van der Waals surface area contributed by atoms with Gasteiger partial charge in [-0.05, 0) is 67.1 Å². The third-order valence-corrected chi connectivity index (χ3v) is 6.03. The molecule has 2 aliphatic carbocycles. The highest BCUT2D eigenvalue weighted by Crippen LogP contribution is 2.59. The lowest BCUT2D eigenvalue weighted by Gasteiger charge is -2.41. The van der Waals surface area contributed by atoms with Crippen LogP contribution in [-0.2, 0) is 0 Å². The second-order valence-electron chi connectivity index (χ2n) is 7.90. The average Bonchev–Trinajstić information content (AvgIpc) is 2.92. The van der Waals surface area contributed by atoms with E-state index in [0.29, 0.717) is 0 Å². The molecule has 2 aliphatic rings. The Morgan fingerprint density at radius 3 is 2.41 bits per heavy atom. The van der Waals surface area contributed by atoms with Gasteiger partial charge in [0.25, 0.3) is 0 Å². The molecule has 17 heavy (non-hydrogen) atoms. The highest BCUT2D eigenvalue weighted by Gasteiger charge is 2.49. The van der Waals surface area contributed by atoms with Gasteiger partial charge in [-0.3, -0.25) is 0 Å². The van der Waals surface area contributed by atoms with Crippen LogP contribution in [0.25, 0.3) is 0 Å². The van der Waals surface area contributed by atoms with E-state index in [1.807, 2.05) is 0 Å². The van der Waals surface area contributed by atoms with Crippen LogP contribution in [0, 0.1) is 35.0 Å². The van der Waals surface area contributed by atoms with Crippen LogP contribution >= 0.6 is 0 Å². The van der Waals surface area contributed by atoms with Crippen molar-refractivity contribution < 1.29 is 0 Å². The molecule has 0 bridgehead atoms. The summed E-state index contributed by atoms with van der Waals surface area (Å²) in [4.78, 5) is 0. The Kier molecular flexibility index (Phi) is 3.90. The number of rotatable bonds is 6. The minimum absolute atomic E-state index is 0.743. The van der Waals surface area contributed by atoms with E-state index in [0.717, 1.165) is 35.0 Å². The van der Waals surface area contributed by atoms with Gasteiger partial charge in [0.2, 0.25) is 0 Å². The summed E-state index contributed by atoms with van der Waals surface area (Å²) in [5.74, 6) is 5.04. The summed E-state index contributed by atoms with van der Waals surface area (Å²) in [7, 11) is 0. The summed E-state index contributed by atoms with van der Waals surface area (Å²) in [6.07, 6.45) is 8.99. The van der Waals surface area contributed by atoms with Crippen LogP contribution in [0.5, 0.6) is 0 Å². The topological polar surface area (TPSA) is 0 Å². The molecule has 5 atom stereocenters. The maximum atomic E-state index is 2.55. The van der Waals surface area contributed by atoms with Gasteiger partial charge >= 0.3 is 0 Å². The van der Waals surface area contributed by atoms with E-state index in [1.54, 1.807) is 0 Å². The molecule has 0 radical (unpaired) electrons. The predicted octanol–water partition coefficient (Wildman–Crippen LogP) is 5.52. The Morgan fingerprint density at radius 2 is 1.88 bits per heavy atom. The maximum Gasteiger partial charge on any atom is -0.0294 e. The lowest BCUT2D eigenvalue weighted by molar-refractivity contribution is 0.0867. The van der Waals surface area contributed by atoms with Crippen LogP contribution in [0.4, 0.5) is 0 Å². The predicted molar refractivity (Wildman–Crippen MR) is 76.0 cm³/mol. The molecule has 0 amide bonds. The fourth-order valence-corrected chi connectivity index (χ4v) is 3.87. The van der Waals surface area contributed by atoms with Crippen LogP contribution in [-0.4, -0.2) is 0 Å². The Hall–Kier alpha value is 0. The molecule has 0 aromatic carbocycles. The van der Waals surface area contributed by atoms with Crippen molar-refractivity contribution in [3.8, 4) is 0 Å². The molecule has 0 nitrogen and oxygen atoms in total. The number of hydrogen-bond acceptors (Lipinski definition) is 0. The molecule has 0 aliphatic heterocycles. The third-order valence-electron chi connectivity index (χ3n) is 6.03. The molecule has 0 saturated heterocycles. The molecule has 0 spiro atoms. The Morgan fingerprint density at radius 1 is 1.18 bits per heavy atom. The highest BCUT2D eigenvalue weighted by molar-refractivity contribution is 4.99. The zero-order valence-corrected chi connectivity index (χ0v) is 12.6. The van der Waals surface area contributed by atoms with Gasteiger partial charge < -0.3 is 0 Å². The Bertz CT molecular complexity index is 255. The van der Waals surface area contributed by atoms with Gasteiger partial charge in [-0.1, -0.05) is 41.0 Å². The van der Waals surface area contributed by atoms with Crippen LogP contribution < -0.4 is 0 Å². The lowest BCUT2D eigenvalue weighted by atomic mass is 9.64. The van der Waals surface area contributed by atoms with Gasteiger partial charge in [-0.15, -0.1) is 0 Å². The molecular weight excluding hydrogens is 204 g/mol. The fraction of sp³-hybridized carbons (Fsp3) is 1.00. The second-order valence-corrected chi connectivity index (χ2v) is 7.90. The van der Waals surface area contributed by atoms with Crippen molar-refractivity contribution in [3.05, 3.63) is 0 Å². The first-order valence-electron chi connectivity index (χ1n) is 7.92. The highest BCUT2D eigenvalue weighted by atomic mass is 14.5. The summed E-state index contributed by atoms with van der Waals surface area (Å²) in [5, 5.41) is 0. The first-order chi connectivity index (χ1) is 7.92. The van der Waals surface area contributed by atoms with Crippen molar-refractivity contribution in [2.45, 2.75) is 73.1 Å². The Labute approximate surface area is 109 Å². The van der Waals surface area contributed by atoms with Crippen LogP contribution in [0.2, 0.25) is 0 Å². The van der Waals surface area contributed by atoms with Gasteiger partial charge in [-0.2, -0.15) is 0 Å². The molecule has 0 N–H and O–H groups in total. The van der Waals surface area contributed by atoms with Gasteiger partial charge in [0.1, 0.15) is 0 Å². The van der Waals surface area contributed by atoms with Crippen molar-refractivity contribution >= 4 is 0 Å². The molecular formula is C17H32. The molecule has 2 rings (SSSR count). The molecule has 2 saturated carbocycles. The minimum Gasteiger partial charge on any atom is -0.0628 e. The van der Waals surface area contributed by atoms with Crippen LogP contribution in [0.1, 0.15) is 73.1 Å². The van der Waals surface area contributed by atoms with Crippen molar-refractivity contribution in [1.82, 2.24) is 0 Å². The fourth-order valence-electron chi connectivity index (χ4n) is 3.87. The third kappa shape index (κ3) is 3.06. The molecule has 0 aromatic rings. The van der Waals surface area contributed by atoms with E-state index in [1.165, 1.54) is 38.5 Å². The largest absolute Gasteiger partial charge is 0.0628 e. The molecule has 0 heterocycles. The molecule has 0 heteroatoms. The molecule has 5 unspecified atom stereocenters. The first kappa shape index (κ1) is 13.4. The molecule has 2 fully saturated rings. The van der Waals surface area contributed by atoms with Gasteiger partial charge in [0.15, 0.2) is 0 Å². The summed E-state index contributed by atoms with van der Waals surface area (Å²) < 4.78 is 0. The molecule has 0 aromatic heterocycles. The van der Waals surface area contributed by atoms with Crippen molar-refractivity contribution in [1.29, 1.82) is 0 Å². The van der Waals surface area contributed by atoms with Crippen LogP contribution in [0.15, 0.2) is 0 Å². The van der Waals surface area contributed by atoms with E-state index in [2.05, 4.69) is 34.6 Å². The standard InChI is InChI=1S/C17H32/c1-12(2)6-7-16-11-17(16,5)9-8-15-10-13(3)14(15)4/h12-16H,6-11H2,1-5H3. The lowest BCUT2D eigenvalue weighted by Crippen LogP contribution is -2.32. The number of hydrogen-bond donors (Lipinski definition) is 0. The van der Waals surface area contributed by atoms with Gasteiger partial charge in [-0.25, -0.2) is 0 Å². The average molecular weight is 236 g/mol. The zero-order valence-electron chi connectivity index (χ0n) is 12.6. The minimum atomic E-state index is 0.743. The van der Waals surface area contributed by atoms with E-state index in [4.69, 9.17) is 0 Å². The maximum absolute atomic E-state index is 2.55. The van der Waals surface area contributed by atoms with E-state index in [-0.39, 0.29) is 0 Å². The summed E-state index contributed by atoms with van der Waals surface area (Å²) in [6, 6.07) is 0. The SMILES string of the molecule is CC(C)CCC1CC1(C)CCC1CC(C)C1C. The summed E-state index contributed by atoms with van der Waals surface area (Å²) >= 11 is 0. The van der Waals surface area contributed by atoms with Crippen molar-refractivity contribution in [2.24, 2.45) is 35.0 Å². The summed E-state index contributed by atoms with van der Waals surface area (Å²) in [6.45, 7) is 12.1. The second kappa shape index (κ2) is 4.94. The zero-order chi connectivity index (χ0) is 12.6. The van der Waals surface area contributed by atoms with E-state index in [9.17, 15) is 0 Å². The normalized spacial score (nSPS) is 44.8. The quantitative estimate of drug-likeness (QED) is 0.569. The monoisotopic (exact) mass is 236 g/mol. The van der Waals surface area contributed by atoms with Crippen molar-refractivity contribution in [2.75, 3.05) is 0 Å². The smallest absolute Gasteiger partial charge is 0.0294 e. The van der Waals surface area contributed by atoms with E-state index >= 15 is 0 Å². The van der Waals surface area contributed by atoms with Gasteiger partial charge in [0, 0.05) is 0 Å². The summed E-state index contributed by atoms with van der Waals surface area (Å²) in [5.41, 5.74) is 0.743. The van der Waals surface area contributed by atoms with E-state index < -0.39 is 0 Å².